The molecule has 3 aromatic rings. The maximum atomic E-state index is 6.11. The molecule has 0 spiro atoms. The monoisotopic (exact) mass is 308 g/mol. The molecular formula is C13H10Cl2N4O. The van der Waals surface area contributed by atoms with Gasteiger partial charge in [0.15, 0.2) is 10.8 Å². The molecule has 2 aromatic heterocycles. The first-order chi connectivity index (χ1) is 9.67. The molecule has 0 amide bonds. The van der Waals surface area contributed by atoms with Gasteiger partial charge < -0.3 is 9.30 Å². The number of methoxy groups -OCH3 is 1. The Hall–Kier alpha value is -1.85. The van der Waals surface area contributed by atoms with Crippen LogP contribution in [0.25, 0.3) is 11.2 Å². The fourth-order valence-corrected chi connectivity index (χ4v) is 2.48. The van der Waals surface area contributed by atoms with Crippen molar-refractivity contribution in [2.75, 3.05) is 7.11 Å². The van der Waals surface area contributed by atoms with E-state index in [1.807, 2.05) is 28.8 Å². The molecule has 5 nitrogen and oxygen atoms in total. The second kappa shape index (κ2) is 5.26. The van der Waals surface area contributed by atoms with Gasteiger partial charge in [-0.25, -0.2) is 9.97 Å². The molecule has 0 N–H and O–H groups in total. The molecule has 0 aliphatic heterocycles. The minimum Gasteiger partial charge on any atom is -0.497 e. The topological polar surface area (TPSA) is 52.8 Å². The number of benzene rings is 1. The zero-order chi connectivity index (χ0) is 14.1. The Bertz CT molecular complexity index is 772. The number of hydrogen-bond donors (Lipinski definition) is 0. The van der Waals surface area contributed by atoms with Crippen LogP contribution in [0.4, 0.5) is 0 Å². The van der Waals surface area contributed by atoms with Crippen LogP contribution in [0.1, 0.15) is 5.56 Å². The van der Waals surface area contributed by atoms with Gasteiger partial charge in [0.1, 0.15) is 11.3 Å². The van der Waals surface area contributed by atoms with E-state index in [0.717, 1.165) is 11.3 Å². The minimum absolute atomic E-state index is 0.0918. The van der Waals surface area contributed by atoms with Crippen molar-refractivity contribution in [3.05, 3.63) is 46.6 Å². The van der Waals surface area contributed by atoms with E-state index in [9.17, 15) is 0 Å². The Morgan fingerprint density at radius 2 is 2.10 bits per heavy atom. The number of ether oxygens (including phenoxy) is 1. The lowest BCUT2D eigenvalue weighted by Gasteiger charge is -2.07. The number of aromatic nitrogens is 4. The van der Waals surface area contributed by atoms with Crippen molar-refractivity contribution in [2.45, 2.75) is 6.54 Å². The molecule has 20 heavy (non-hydrogen) atoms. The molecule has 0 saturated heterocycles. The predicted molar refractivity (Wildman–Crippen MR) is 77.4 cm³/mol. The summed E-state index contributed by atoms with van der Waals surface area (Å²) >= 11 is 11.9. The highest BCUT2D eigenvalue weighted by atomic mass is 35.5. The lowest BCUT2D eigenvalue weighted by molar-refractivity contribution is 0.414. The fraction of sp³-hybridized carbons (Fsp3) is 0.154. The van der Waals surface area contributed by atoms with E-state index in [1.165, 1.54) is 0 Å². The molecule has 1 aromatic carbocycles. The molecule has 3 rings (SSSR count). The number of nitrogens with zero attached hydrogens (tertiary/aromatic N) is 4. The van der Waals surface area contributed by atoms with Crippen LogP contribution in [0.2, 0.25) is 10.4 Å². The summed E-state index contributed by atoms with van der Waals surface area (Å²) in [5.41, 5.74) is 2.21. The normalized spacial score (nSPS) is 10.9. The maximum Gasteiger partial charge on any atom is 0.225 e. The highest BCUT2D eigenvalue weighted by Crippen LogP contribution is 2.23. The largest absolute Gasteiger partial charge is 0.497 e. The van der Waals surface area contributed by atoms with E-state index < -0.39 is 0 Å². The lowest BCUT2D eigenvalue weighted by Crippen LogP contribution is -2.00. The van der Waals surface area contributed by atoms with Crippen LogP contribution in [0, 0.1) is 0 Å². The molecule has 0 aliphatic rings. The van der Waals surface area contributed by atoms with Crippen LogP contribution in [-0.2, 0) is 6.54 Å². The lowest BCUT2D eigenvalue weighted by atomic mass is 10.2. The second-order valence-electron chi connectivity index (χ2n) is 4.18. The third-order valence-electron chi connectivity index (χ3n) is 2.89. The van der Waals surface area contributed by atoms with Gasteiger partial charge in [0.05, 0.1) is 13.4 Å². The third-order valence-corrected chi connectivity index (χ3v) is 3.32. The summed E-state index contributed by atoms with van der Waals surface area (Å²) < 4.78 is 7.09. The molecular weight excluding hydrogens is 299 g/mol. The van der Waals surface area contributed by atoms with Gasteiger partial charge in [-0.05, 0) is 29.3 Å². The van der Waals surface area contributed by atoms with Crippen LogP contribution in [0.5, 0.6) is 5.75 Å². The van der Waals surface area contributed by atoms with Crippen LogP contribution < -0.4 is 4.74 Å². The molecule has 0 saturated carbocycles. The van der Waals surface area contributed by atoms with Crippen molar-refractivity contribution >= 4 is 34.4 Å². The summed E-state index contributed by atoms with van der Waals surface area (Å²) in [6, 6.07) is 7.78. The number of imidazole rings is 1. The van der Waals surface area contributed by atoms with E-state index in [4.69, 9.17) is 27.9 Å². The molecule has 0 aliphatic carbocycles. The average Bonchev–Trinajstić information content (AvgIpc) is 2.82. The van der Waals surface area contributed by atoms with Gasteiger partial charge in [0.25, 0.3) is 0 Å². The fourth-order valence-electron chi connectivity index (χ4n) is 2.00. The number of hydrogen-bond acceptors (Lipinski definition) is 4. The average molecular weight is 309 g/mol. The summed E-state index contributed by atoms with van der Waals surface area (Å²) in [4.78, 5) is 12.2. The number of rotatable bonds is 3. The van der Waals surface area contributed by atoms with Crippen molar-refractivity contribution in [1.82, 2.24) is 19.5 Å². The first-order valence-corrected chi connectivity index (χ1v) is 6.60. The Balaban J connectivity index is 2.02. The van der Waals surface area contributed by atoms with Gasteiger partial charge in [-0.1, -0.05) is 23.7 Å². The summed E-state index contributed by atoms with van der Waals surface area (Å²) in [6.07, 6.45) is 1.67. The predicted octanol–water partition coefficient (Wildman–Crippen LogP) is 3.19. The third kappa shape index (κ3) is 2.42. The van der Waals surface area contributed by atoms with Gasteiger partial charge in [-0.3, -0.25) is 0 Å². The minimum atomic E-state index is 0.0918. The van der Waals surface area contributed by atoms with E-state index in [1.54, 1.807) is 13.4 Å². The van der Waals surface area contributed by atoms with Gasteiger partial charge in [-0.2, -0.15) is 4.98 Å². The van der Waals surface area contributed by atoms with E-state index in [2.05, 4.69) is 15.0 Å². The van der Waals surface area contributed by atoms with Gasteiger partial charge in [-0.15, -0.1) is 0 Å². The Kier molecular flexibility index (Phi) is 3.46. The van der Waals surface area contributed by atoms with E-state index in [-0.39, 0.29) is 5.28 Å². The van der Waals surface area contributed by atoms with Crippen molar-refractivity contribution in [1.29, 1.82) is 0 Å². The van der Waals surface area contributed by atoms with Crippen LogP contribution in [0.15, 0.2) is 30.6 Å². The van der Waals surface area contributed by atoms with Gasteiger partial charge in [0, 0.05) is 6.54 Å². The van der Waals surface area contributed by atoms with Crippen LogP contribution in [0.3, 0.4) is 0 Å². The molecule has 0 radical (unpaired) electrons. The Morgan fingerprint density at radius 3 is 2.90 bits per heavy atom. The quantitative estimate of drug-likeness (QED) is 0.551. The van der Waals surface area contributed by atoms with E-state index in [0.29, 0.717) is 22.9 Å². The van der Waals surface area contributed by atoms with Gasteiger partial charge >= 0.3 is 0 Å². The van der Waals surface area contributed by atoms with Crippen molar-refractivity contribution < 1.29 is 4.74 Å². The van der Waals surface area contributed by atoms with Gasteiger partial charge in [0.2, 0.25) is 5.28 Å². The van der Waals surface area contributed by atoms with E-state index >= 15 is 0 Å². The van der Waals surface area contributed by atoms with Crippen LogP contribution in [-0.4, -0.2) is 26.6 Å². The molecule has 0 fully saturated rings. The molecule has 102 valence electrons. The standard InChI is InChI=1S/C13H10Cl2N4O/c1-20-9-4-2-3-8(5-9)6-19-7-16-12-10(19)11(14)17-13(15)18-12/h2-5,7H,6H2,1H3. The molecule has 7 heteroatoms. The van der Waals surface area contributed by atoms with Crippen molar-refractivity contribution in [3.8, 4) is 5.75 Å². The molecule has 0 bridgehead atoms. The summed E-state index contributed by atoms with van der Waals surface area (Å²) in [5, 5.41) is 0.384. The van der Waals surface area contributed by atoms with Crippen LogP contribution >= 0.6 is 23.2 Å². The highest BCUT2D eigenvalue weighted by Gasteiger charge is 2.11. The molecule has 2 heterocycles. The Labute approximate surface area is 125 Å². The zero-order valence-electron chi connectivity index (χ0n) is 10.5. The maximum absolute atomic E-state index is 6.11. The SMILES string of the molecule is COc1cccc(Cn2cnc3nc(Cl)nc(Cl)c32)c1. The first-order valence-electron chi connectivity index (χ1n) is 5.84. The van der Waals surface area contributed by atoms with Crippen molar-refractivity contribution in [2.24, 2.45) is 0 Å². The first kappa shape index (κ1) is 13.1. The number of halogens is 2. The zero-order valence-corrected chi connectivity index (χ0v) is 12.1. The summed E-state index contributed by atoms with van der Waals surface area (Å²) in [6.45, 7) is 0.596. The number of fused-ring (bicyclic) bond motifs is 1. The summed E-state index contributed by atoms with van der Waals surface area (Å²) in [7, 11) is 1.64. The Morgan fingerprint density at radius 1 is 1.25 bits per heavy atom. The molecule has 0 atom stereocenters. The molecule has 0 unspecified atom stereocenters. The second-order valence-corrected chi connectivity index (χ2v) is 4.88. The smallest absolute Gasteiger partial charge is 0.225 e. The van der Waals surface area contributed by atoms with Crippen molar-refractivity contribution in [3.63, 3.8) is 0 Å². The summed E-state index contributed by atoms with van der Waals surface area (Å²) in [5.74, 6) is 0.803. The highest BCUT2D eigenvalue weighted by molar-refractivity contribution is 6.35.